The number of rotatable bonds is 28. The van der Waals surface area contributed by atoms with Gasteiger partial charge >= 0.3 is 47.8 Å². The number of hydrogen-bond acceptors (Lipinski definition) is 19. The number of carbonyl (C=O) groups excluding carboxylic acids is 7. The van der Waals surface area contributed by atoms with Crippen molar-refractivity contribution in [1.29, 1.82) is 0 Å². The van der Waals surface area contributed by atoms with Gasteiger partial charge in [0.15, 0.2) is 49.2 Å². The molecule has 0 aliphatic carbocycles. The van der Waals surface area contributed by atoms with Crippen molar-refractivity contribution in [1.82, 2.24) is 0 Å². The highest BCUT2D eigenvalue weighted by Gasteiger charge is 2.58. The fourth-order valence-electron chi connectivity index (χ4n) is 7.23. The minimum absolute atomic E-state index is 0.219. The number of carboxylic acid groups (broad SMARTS) is 1. The molecule has 20 nitrogen and oxygen atoms in total. The molecule has 0 aromatic rings. The Bertz CT molecular complexity index is 1550. The molecule has 11 atom stereocenters. The van der Waals surface area contributed by atoms with Crippen LogP contribution in [0.5, 0.6) is 0 Å². The predicted molar refractivity (Wildman–Crippen MR) is 221 cm³/mol. The van der Waals surface area contributed by atoms with Gasteiger partial charge in [0, 0.05) is 54.9 Å². The zero-order valence-electron chi connectivity index (χ0n) is 38.3. The van der Waals surface area contributed by atoms with E-state index in [0.29, 0.717) is 12.8 Å². The van der Waals surface area contributed by atoms with Crippen LogP contribution in [0.3, 0.4) is 0 Å². The van der Waals surface area contributed by atoms with Crippen molar-refractivity contribution >= 4 is 47.8 Å². The maximum atomic E-state index is 12.7. The number of esters is 7. The Balaban J connectivity index is 2.37. The van der Waals surface area contributed by atoms with Gasteiger partial charge in [0.1, 0.15) is 25.4 Å². The zero-order chi connectivity index (χ0) is 47.8. The van der Waals surface area contributed by atoms with E-state index >= 15 is 0 Å². The molecule has 20 heteroatoms. The van der Waals surface area contributed by atoms with Crippen molar-refractivity contribution in [2.45, 2.75) is 206 Å². The Morgan fingerprint density at radius 3 is 1.33 bits per heavy atom. The van der Waals surface area contributed by atoms with Gasteiger partial charge in [-0.3, -0.25) is 38.4 Å². The predicted octanol–water partition coefficient (Wildman–Crippen LogP) is 4.72. The molecule has 0 aromatic heterocycles. The molecule has 2 saturated heterocycles. The molecule has 2 aliphatic heterocycles. The number of hydrogen-bond donors (Lipinski definition) is 1. The van der Waals surface area contributed by atoms with E-state index in [1.807, 2.05) is 0 Å². The highest BCUT2D eigenvalue weighted by atomic mass is 16.8. The average molecular weight is 917 g/mol. The van der Waals surface area contributed by atoms with Crippen LogP contribution in [0.15, 0.2) is 12.2 Å². The fraction of sp³-hybridized carbons (Fsp3) is 0.773. The van der Waals surface area contributed by atoms with Gasteiger partial charge in [-0.05, 0) is 45.4 Å². The Hall–Kier alpha value is -4.66. The van der Waals surface area contributed by atoms with Crippen LogP contribution in [0, 0.1) is 0 Å². The lowest BCUT2D eigenvalue weighted by atomic mass is 9.96. The number of ether oxygens (including phenoxy) is 11. The van der Waals surface area contributed by atoms with Crippen molar-refractivity contribution in [2.75, 3.05) is 13.2 Å². The van der Waals surface area contributed by atoms with E-state index in [-0.39, 0.29) is 6.42 Å². The molecule has 0 aromatic carbocycles. The van der Waals surface area contributed by atoms with Crippen molar-refractivity contribution in [2.24, 2.45) is 0 Å². The van der Waals surface area contributed by atoms with Crippen molar-refractivity contribution < 1.29 is 95.6 Å². The lowest BCUT2D eigenvalue weighted by Gasteiger charge is -2.49. The third-order valence-electron chi connectivity index (χ3n) is 9.91. The number of carbonyl (C=O) groups is 8. The van der Waals surface area contributed by atoms with E-state index in [1.54, 1.807) is 6.92 Å². The molecule has 2 aliphatic rings. The third kappa shape index (κ3) is 21.8. The molecule has 0 amide bonds. The number of allylic oxidation sites excluding steroid dienone is 2. The Labute approximate surface area is 374 Å². The topological polar surface area (TPSA) is 258 Å². The third-order valence-corrected chi connectivity index (χ3v) is 9.91. The van der Waals surface area contributed by atoms with Crippen molar-refractivity contribution in [3.63, 3.8) is 0 Å². The highest BCUT2D eigenvalue weighted by Crippen LogP contribution is 2.36. The minimum Gasteiger partial charge on any atom is -0.481 e. The summed E-state index contributed by atoms with van der Waals surface area (Å²) in [5.41, 5.74) is 0. The van der Waals surface area contributed by atoms with Crippen LogP contribution in [-0.2, 0) is 90.5 Å². The lowest BCUT2D eigenvalue weighted by Crippen LogP contribution is -2.67. The van der Waals surface area contributed by atoms with E-state index < -0.39 is 128 Å². The summed E-state index contributed by atoms with van der Waals surface area (Å²) in [5.74, 6) is -6.48. The smallest absolute Gasteiger partial charge is 0.303 e. The first kappa shape index (κ1) is 55.5. The quantitative estimate of drug-likeness (QED) is 0.0482. The molecule has 0 saturated carbocycles. The largest absolute Gasteiger partial charge is 0.481 e. The first-order valence-corrected chi connectivity index (χ1v) is 21.9. The SMILES string of the molecule is CC(=O)OC[C@H]1O[C@@H](O[C@H]2[C@H](OC(C)CCCCCC/C=C/CCCCCCCC(=O)O)O[C@H](COC(C)=O)[C@@H](OC(C)=O)[C@@H]2OC(C)=O)[C@H](OC(C)=O)[C@@H](OC(C)=O)[C@@H]1OC(C)=O. The molecule has 2 heterocycles. The summed E-state index contributed by atoms with van der Waals surface area (Å²) in [6, 6.07) is 0. The normalized spacial score (nSPS) is 25.9. The maximum Gasteiger partial charge on any atom is 0.303 e. The zero-order valence-corrected chi connectivity index (χ0v) is 38.3. The van der Waals surface area contributed by atoms with Gasteiger partial charge in [-0.15, -0.1) is 0 Å². The number of aliphatic carboxylic acids is 1. The van der Waals surface area contributed by atoms with Gasteiger partial charge in [0.05, 0.1) is 6.10 Å². The van der Waals surface area contributed by atoms with E-state index in [9.17, 15) is 38.4 Å². The second kappa shape index (κ2) is 29.7. The molecular formula is C44H68O20. The average Bonchev–Trinajstić information content (AvgIpc) is 3.18. The molecule has 64 heavy (non-hydrogen) atoms. The van der Waals surface area contributed by atoms with E-state index in [1.165, 1.54) is 0 Å². The summed E-state index contributed by atoms with van der Waals surface area (Å²) in [6.07, 6.45) is -0.424. The maximum absolute atomic E-state index is 12.7. The van der Waals surface area contributed by atoms with Gasteiger partial charge < -0.3 is 57.2 Å². The Morgan fingerprint density at radius 1 is 0.484 bits per heavy atom. The van der Waals surface area contributed by atoms with Crippen LogP contribution in [0.2, 0.25) is 0 Å². The first-order valence-electron chi connectivity index (χ1n) is 21.9. The first-order chi connectivity index (χ1) is 30.3. The standard InChI is InChI=1S/C44H68O20/c1-26(22-20-18-16-14-12-10-9-11-13-15-17-19-21-23-36(52)53)56-43-42(40(60-32(7)50)38(58-30(5)48)34(62-43)24-54-27(2)45)64-44-41(61-33(8)51)39(59-31(6)49)37(57-29(4)47)35(63-44)25-55-28(3)46/h9-10,26,34-35,37-44H,11-25H2,1-8H3,(H,52,53)/b10-9+/t26?,34-,35-,37-,38-,39+,40+,41-,42-,43-,44+/m1/s1. The summed E-state index contributed by atoms with van der Waals surface area (Å²) in [5, 5.41) is 8.74. The van der Waals surface area contributed by atoms with Crippen LogP contribution in [0.1, 0.15) is 139 Å². The van der Waals surface area contributed by atoms with Crippen LogP contribution < -0.4 is 0 Å². The molecule has 0 radical (unpaired) electrons. The second-order valence-corrected chi connectivity index (χ2v) is 15.8. The summed E-state index contributed by atoms with van der Waals surface area (Å²) < 4.78 is 63.7. The van der Waals surface area contributed by atoms with Crippen LogP contribution in [0.4, 0.5) is 0 Å². The van der Waals surface area contributed by atoms with E-state index in [4.69, 9.17) is 57.2 Å². The van der Waals surface area contributed by atoms with Crippen molar-refractivity contribution in [3.8, 4) is 0 Å². The number of unbranched alkanes of at least 4 members (excludes halogenated alkanes) is 9. The lowest BCUT2D eigenvalue weighted by molar-refractivity contribution is -0.372. The summed E-state index contributed by atoms with van der Waals surface area (Å²) in [6.45, 7) is 8.42. The van der Waals surface area contributed by atoms with Gasteiger partial charge in [0.2, 0.25) is 0 Å². The summed E-state index contributed by atoms with van der Waals surface area (Å²) in [7, 11) is 0. The molecule has 2 rings (SSSR count). The minimum atomic E-state index is -1.78. The fourth-order valence-corrected chi connectivity index (χ4v) is 7.23. The van der Waals surface area contributed by atoms with Crippen LogP contribution in [0.25, 0.3) is 0 Å². The molecule has 2 fully saturated rings. The molecule has 364 valence electrons. The Morgan fingerprint density at radius 2 is 0.875 bits per heavy atom. The van der Waals surface area contributed by atoms with Gasteiger partial charge in [-0.25, -0.2) is 0 Å². The molecule has 1 unspecified atom stereocenters. The highest BCUT2D eigenvalue weighted by molar-refractivity contribution is 5.69. The molecule has 1 N–H and O–H groups in total. The Kier molecular flexibility index (Phi) is 25.8. The van der Waals surface area contributed by atoms with E-state index in [2.05, 4.69) is 12.2 Å². The summed E-state index contributed by atoms with van der Waals surface area (Å²) in [4.78, 5) is 97.0. The van der Waals surface area contributed by atoms with Gasteiger partial charge in [0.25, 0.3) is 0 Å². The van der Waals surface area contributed by atoms with E-state index in [0.717, 1.165) is 113 Å². The van der Waals surface area contributed by atoms with Crippen LogP contribution in [-0.4, -0.2) is 134 Å². The van der Waals surface area contributed by atoms with Gasteiger partial charge in [-0.1, -0.05) is 50.7 Å². The molecule has 0 spiro atoms. The summed E-state index contributed by atoms with van der Waals surface area (Å²) >= 11 is 0. The molecular weight excluding hydrogens is 848 g/mol. The monoisotopic (exact) mass is 916 g/mol. The van der Waals surface area contributed by atoms with Crippen molar-refractivity contribution in [3.05, 3.63) is 12.2 Å². The molecule has 0 bridgehead atoms. The number of carboxylic acids is 1. The second-order valence-electron chi connectivity index (χ2n) is 15.8. The van der Waals surface area contributed by atoms with Gasteiger partial charge in [-0.2, -0.15) is 0 Å². The van der Waals surface area contributed by atoms with Crippen LogP contribution >= 0.6 is 0 Å².